The average Bonchev–Trinajstić information content (AvgIpc) is 2.55. The van der Waals surface area contributed by atoms with Gasteiger partial charge in [-0.25, -0.2) is 8.78 Å². The Morgan fingerprint density at radius 3 is 2.50 bits per heavy atom. The molecule has 0 aliphatic heterocycles. The molecule has 2 aromatic rings. The molecule has 0 unspecified atom stereocenters. The number of anilines is 1. The summed E-state index contributed by atoms with van der Waals surface area (Å²) in [6.07, 6.45) is 0. The van der Waals surface area contributed by atoms with Gasteiger partial charge < -0.3 is 14.8 Å². The maximum Gasteiger partial charge on any atom is 0.255 e. The molecule has 128 valence electrons. The van der Waals surface area contributed by atoms with E-state index < -0.39 is 17.5 Å². The number of ether oxygens (including phenoxy) is 2. The lowest BCUT2D eigenvalue weighted by Crippen LogP contribution is -2.13. The van der Waals surface area contributed by atoms with E-state index in [1.54, 1.807) is 12.1 Å². The van der Waals surface area contributed by atoms with Crippen LogP contribution in [-0.2, 0) is 0 Å². The zero-order chi connectivity index (χ0) is 17.7. The summed E-state index contributed by atoms with van der Waals surface area (Å²) in [6, 6.07) is 7.62. The molecule has 0 radical (unpaired) electrons. The highest BCUT2D eigenvalue weighted by atomic mass is 19.1. The summed E-state index contributed by atoms with van der Waals surface area (Å²) in [5, 5.41) is 2.40. The van der Waals surface area contributed by atoms with Crippen molar-refractivity contribution in [1.82, 2.24) is 0 Å². The summed E-state index contributed by atoms with van der Waals surface area (Å²) in [5.74, 6) is -0.807. The smallest absolute Gasteiger partial charge is 0.255 e. The molecule has 0 atom stereocenters. The Morgan fingerprint density at radius 2 is 1.88 bits per heavy atom. The van der Waals surface area contributed by atoms with Crippen LogP contribution in [0.5, 0.6) is 11.5 Å². The first kappa shape index (κ1) is 17.7. The zero-order valence-electron chi connectivity index (χ0n) is 13.7. The summed E-state index contributed by atoms with van der Waals surface area (Å²) in [4.78, 5) is 12.2. The third-order valence-electron chi connectivity index (χ3n) is 3.18. The fourth-order valence-electron chi connectivity index (χ4n) is 1.97. The Hall–Kier alpha value is -2.63. The molecule has 4 nitrogen and oxygen atoms in total. The van der Waals surface area contributed by atoms with Gasteiger partial charge in [0.15, 0.2) is 11.5 Å². The summed E-state index contributed by atoms with van der Waals surface area (Å²) >= 11 is 0. The lowest BCUT2D eigenvalue weighted by molar-refractivity contribution is 0.102. The second-order valence-corrected chi connectivity index (χ2v) is 5.65. The van der Waals surface area contributed by atoms with E-state index in [0.29, 0.717) is 30.1 Å². The molecule has 0 fully saturated rings. The lowest BCUT2D eigenvalue weighted by atomic mass is 10.1. The van der Waals surface area contributed by atoms with Crippen LogP contribution in [0.25, 0.3) is 0 Å². The Morgan fingerprint density at radius 1 is 1.12 bits per heavy atom. The topological polar surface area (TPSA) is 47.6 Å². The first-order valence-electron chi connectivity index (χ1n) is 7.48. The van der Waals surface area contributed by atoms with Crippen LogP contribution in [0.4, 0.5) is 14.5 Å². The third-order valence-corrected chi connectivity index (χ3v) is 3.18. The minimum absolute atomic E-state index is 0.0968. The molecule has 0 saturated heterocycles. The van der Waals surface area contributed by atoms with Gasteiger partial charge in [0.1, 0.15) is 11.6 Å². The van der Waals surface area contributed by atoms with Crippen molar-refractivity contribution in [3.05, 3.63) is 53.6 Å². The quantitative estimate of drug-likeness (QED) is 0.858. The van der Waals surface area contributed by atoms with Crippen molar-refractivity contribution in [2.75, 3.05) is 19.0 Å². The van der Waals surface area contributed by atoms with E-state index in [9.17, 15) is 13.6 Å². The largest absolute Gasteiger partial charge is 0.493 e. The lowest BCUT2D eigenvalue weighted by Gasteiger charge is -2.13. The minimum Gasteiger partial charge on any atom is -0.493 e. The Bertz CT molecular complexity index is 732. The van der Waals surface area contributed by atoms with E-state index in [0.717, 1.165) is 6.07 Å². The van der Waals surface area contributed by atoms with Gasteiger partial charge in [0.2, 0.25) is 0 Å². The molecule has 1 N–H and O–H groups in total. The summed E-state index contributed by atoms with van der Waals surface area (Å²) in [5.41, 5.74) is 0.174. The summed E-state index contributed by atoms with van der Waals surface area (Å²) in [7, 11) is 1.47. The maximum atomic E-state index is 13.6. The number of carbonyl (C=O) groups is 1. The first-order valence-corrected chi connectivity index (χ1v) is 7.48. The molecule has 0 heterocycles. The van der Waals surface area contributed by atoms with Crippen LogP contribution in [0.15, 0.2) is 36.4 Å². The number of amides is 1. The van der Waals surface area contributed by atoms with Crippen molar-refractivity contribution in [3.8, 4) is 11.5 Å². The monoisotopic (exact) mass is 335 g/mol. The van der Waals surface area contributed by atoms with Gasteiger partial charge in [0.25, 0.3) is 5.91 Å². The molecule has 24 heavy (non-hydrogen) atoms. The van der Waals surface area contributed by atoms with Gasteiger partial charge in [-0.2, -0.15) is 0 Å². The van der Waals surface area contributed by atoms with E-state index in [2.05, 4.69) is 5.32 Å². The van der Waals surface area contributed by atoms with Gasteiger partial charge in [-0.15, -0.1) is 0 Å². The van der Waals surface area contributed by atoms with Gasteiger partial charge in [-0.05, 0) is 36.2 Å². The maximum absolute atomic E-state index is 13.6. The van der Waals surface area contributed by atoms with Crippen LogP contribution in [0.1, 0.15) is 24.2 Å². The third kappa shape index (κ3) is 4.44. The number of nitrogens with one attached hydrogen (secondary N) is 1. The molecular weight excluding hydrogens is 316 g/mol. The van der Waals surface area contributed by atoms with Crippen molar-refractivity contribution in [3.63, 3.8) is 0 Å². The minimum atomic E-state index is -0.841. The van der Waals surface area contributed by atoms with Gasteiger partial charge in [0.05, 0.1) is 19.4 Å². The molecule has 0 bridgehead atoms. The molecule has 2 rings (SSSR count). The van der Waals surface area contributed by atoms with Crippen LogP contribution in [-0.4, -0.2) is 19.6 Å². The van der Waals surface area contributed by atoms with Crippen LogP contribution >= 0.6 is 0 Å². The van der Waals surface area contributed by atoms with Crippen molar-refractivity contribution in [1.29, 1.82) is 0 Å². The van der Waals surface area contributed by atoms with Gasteiger partial charge >= 0.3 is 0 Å². The Balaban J connectivity index is 2.17. The summed E-state index contributed by atoms with van der Waals surface area (Å²) < 4.78 is 37.4. The Kier molecular flexibility index (Phi) is 5.73. The van der Waals surface area contributed by atoms with Gasteiger partial charge in [0, 0.05) is 11.6 Å². The first-order chi connectivity index (χ1) is 11.4. The fraction of sp³-hybridized carbons (Fsp3) is 0.278. The molecule has 1 amide bonds. The van der Waals surface area contributed by atoms with Crippen molar-refractivity contribution >= 4 is 11.6 Å². The van der Waals surface area contributed by atoms with E-state index in [4.69, 9.17) is 9.47 Å². The van der Waals surface area contributed by atoms with Crippen LogP contribution in [0.2, 0.25) is 0 Å². The zero-order valence-corrected chi connectivity index (χ0v) is 13.7. The highest BCUT2D eigenvalue weighted by Gasteiger charge is 2.14. The van der Waals surface area contributed by atoms with Crippen LogP contribution in [0, 0.1) is 17.6 Å². The highest BCUT2D eigenvalue weighted by Crippen LogP contribution is 2.29. The van der Waals surface area contributed by atoms with E-state index in [1.807, 2.05) is 13.8 Å². The number of methoxy groups -OCH3 is 1. The average molecular weight is 335 g/mol. The second-order valence-electron chi connectivity index (χ2n) is 5.65. The number of hydrogen-bond donors (Lipinski definition) is 1. The summed E-state index contributed by atoms with van der Waals surface area (Å²) in [6.45, 7) is 4.56. The number of carbonyl (C=O) groups excluding carboxylic acids is 1. The molecular formula is C18H19F2NO3. The van der Waals surface area contributed by atoms with Gasteiger partial charge in [-0.1, -0.05) is 13.8 Å². The highest BCUT2D eigenvalue weighted by molar-refractivity contribution is 6.04. The predicted octanol–water partition coefficient (Wildman–Crippen LogP) is 4.26. The molecule has 0 aliphatic carbocycles. The second kappa shape index (κ2) is 7.77. The molecule has 0 saturated carbocycles. The number of hydrogen-bond acceptors (Lipinski definition) is 3. The number of benzene rings is 2. The Labute approximate surface area is 139 Å². The molecule has 0 aromatic heterocycles. The fourth-order valence-corrected chi connectivity index (χ4v) is 1.97. The van der Waals surface area contributed by atoms with E-state index in [1.165, 1.54) is 19.2 Å². The van der Waals surface area contributed by atoms with Crippen LogP contribution < -0.4 is 14.8 Å². The van der Waals surface area contributed by atoms with Crippen molar-refractivity contribution in [2.45, 2.75) is 13.8 Å². The molecule has 0 spiro atoms. The molecule has 2 aromatic carbocycles. The normalized spacial score (nSPS) is 10.6. The van der Waals surface area contributed by atoms with Crippen molar-refractivity contribution < 1.29 is 23.0 Å². The SMILES string of the molecule is COc1cc(C(=O)Nc2ccc(F)cc2F)ccc1OCC(C)C. The number of halogens is 2. The van der Waals surface area contributed by atoms with E-state index in [-0.39, 0.29) is 11.3 Å². The van der Waals surface area contributed by atoms with E-state index >= 15 is 0 Å². The standard InChI is InChI=1S/C18H19F2NO3/c1-11(2)10-24-16-7-4-12(8-17(16)23-3)18(22)21-15-6-5-13(19)9-14(15)20/h4-9,11H,10H2,1-3H3,(H,21,22). The molecule has 6 heteroatoms. The number of rotatable bonds is 6. The van der Waals surface area contributed by atoms with Crippen molar-refractivity contribution in [2.24, 2.45) is 5.92 Å². The van der Waals surface area contributed by atoms with Crippen LogP contribution in [0.3, 0.4) is 0 Å². The van der Waals surface area contributed by atoms with Gasteiger partial charge in [-0.3, -0.25) is 4.79 Å². The predicted molar refractivity (Wildman–Crippen MR) is 87.6 cm³/mol. The molecule has 0 aliphatic rings.